The van der Waals surface area contributed by atoms with Gasteiger partial charge in [-0.3, -0.25) is 4.98 Å². The molecule has 0 N–H and O–H groups in total. The Kier molecular flexibility index (Phi) is 2.58. The van der Waals surface area contributed by atoms with Crippen LogP contribution in [-0.2, 0) is 13.0 Å². The Hall–Kier alpha value is -1.64. The summed E-state index contributed by atoms with van der Waals surface area (Å²) in [5.74, 6) is 1.12. The SMILES string of the molecule is CCc1nccn1Cc1cccnc1. The number of aryl methyl sites for hydroxylation is 1. The summed E-state index contributed by atoms with van der Waals surface area (Å²) in [5.41, 5.74) is 1.21. The van der Waals surface area contributed by atoms with Crippen LogP contribution in [0.5, 0.6) is 0 Å². The minimum atomic E-state index is 0.858. The van der Waals surface area contributed by atoms with E-state index in [0.717, 1.165) is 18.8 Å². The second-order valence-electron chi connectivity index (χ2n) is 3.19. The van der Waals surface area contributed by atoms with Gasteiger partial charge in [-0.25, -0.2) is 4.98 Å². The second kappa shape index (κ2) is 4.05. The van der Waals surface area contributed by atoms with Crippen molar-refractivity contribution in [1.82, 2.24) is 14.5 Å². The number of aromatic nitrogens is 3. The zero-order valence-electron chi connectivity index (χ0n) is 8.22. The lowest BCUT2D eigenvalue weighted by molar-refractivity contribution is 0.730. The molecule has 3 nitrogen and oxygen atoms in total. The highest BCUT2D eigenvalue weighted by molar-refractivity contribution is 5.10. The van der Waals surface area contributed by atoms with E-state index >= 15 is 0 Å². The molecule has 0 atom stereocenters. The molecule has 0 saturated carbocycles. The van der Waals surface area contributed by atoms with Crippen LogP contribution in [-0.4, -0.2) is 14.5 Å². The van der Waals surface area contributed by atoms with E-state index < -0.39 is 0 Å². The maximum atomic E-state index is 4.27. The van der Waals surface area contributed by atoms with Crippen LogP contribution in [0.3, 0.4) is 0 Å². The van der Waals surface area contributed by atoms with Gasteiger partial charge in [-0.1, -0.05) is 13.0 Å². The van der Waals surface area contributed by atoms with Gasteiger partial charge in [-0.2, -0.15) is 0 Å². The zero-order valence-corrected chi connectivity index (χ0v) is 8.22. The standard InChI is InChI=1S/C11H13N3/c1-2-11-13-6-7-14(11)9-10-4-3-5-12-8-10/h3-8H,2,9H2,1H3. The summed E-state index contributed by atoms with van der Waals surface area (Å²) < 4.78 is 2.15. The van der Waals surface area contributed by atoms with Crippen LogP contribution in [0.2, 0.25) is 0 Å². The van der Waals surface area contributed by atoms with Crippen LogP contribution < -0.4 is 0 Å². The fourth-order valence-corrected chi connectivity index (χ4v) is 1.49. The minimum Gasteiger partial charge on any atom is -0.330 e. The quantitative estimate of drug-likeness (QED) is 0.734. The monoisotopic (exact) mass is 187 g/mol. The molecule has 0 amide bonds. The van der Waals surface area contributed by atoms with Gasteiger partial charge in [0.05, 0.1) is 6.54 Å². The van der Waals surface area contributed by atoms with Crippen molar-refractivity contribution in [3.05, 3.63) is 48.3 Å². The van der Waals surface area contributed by atoms with Gasteiger partial charge in [0.2, 0.25) is 0 Å². The predicted octanol–water partition coefficient (Wildman–Crippen LogP) is 1.89. The van der Waals surface area contributed by atoms with E-state index in [2.05, 4.69) is 27.5 Å². The maximum absolute atomic E-state index is 4.27. The topological polar surface area (TPSA) is 30.7 Å². The van der Waals surface area contributed by atoms with Crippen LogP contribution in [0.25, 0.3) is 0 Å². The average Bonchev–Trinajstić information content (AvgIpc) is 2.67. The third kappa shape index (κ3) is 1.82. The van der Waals surface area contributed by atoms with Crippen LogP contribution in [0.4, 0.5) is 0 Å². The normalized spacial score (nSPS) is 10.4. The lowest BCUT2D eigenvalue weighted by Crippen LogP contribution is -2.03. The number of imidazole rings is 1. The predicted molar refractivity (Wildman–Crippen MR) is 54.9 cm³/mol. The summed E-state index contributed by atoms with van der Waals surface area (Å²) >= 11 is 0. The summed E-state index contributed by atoms with van der Waals surface area (Å²) in [6, 6.07) is 4.03. The Morgan fingerprint density at radius 1 is 1.36 bits per heavy atom. The van der Waals surface area contributed by atoms with E-state index in [9.17, 15) is 0 Å². The van der Waals surface area contributed by atoms with Gasteiger partial charge in [0.1, 0.15) is 5.82 Å². The second-order valence-corrected chi connectivity index (χ2v) is 3.19. The average molecular weight is 187 g/mol. The first-order valence-corrected chi connectivity index (χ1v) is 4.79. The molecule has 72 valence electrons. The first kappa shape index (κ1) is 8.94. The lowest BCUT2D eigenvalue weighted by atomic mass is 10.3. The molecule has 0 bridgehead atoms. The molecule has 0 aliphatic heterocycles. The maximum Gasteiger partial charge on any atom is 0.108 e. The number of nitrogens with zero attached hydrogens (tertiary/aromatic N) is 3. The van der Waals surface area contributed by atoms with Crippen LogP contribution in [0.1, 0.15) is 18.3 Å². The summed E-state index contributed by atoms with van der Waals surface area (Å²) in [4.78, 5) is 8.36. The number of pyridine rings is 1. The molecule has 2 aromatic rings. The molecule has 3 heteroatoms. The summed E-state index contributed by atoms with van der Waals surface area (Å²) in [6.45, 7) is 2.97. The summed E-state index contributed by atoms with van der Waals surface area (Å²) in [7, 11) is 0. The van der Waals surface area contributed by atoms with Gasteiger partial charge in [0.15, 0.2) is 0 Å². The van der Waals surface area contributed by atoms with Crippen LogP contribution >= 0.6 is 0 Å². The van der Waals surface area contributed by atoms with Crippen molar-refractivity contribution in [3.8, 4) is 0 Å². The van der Waals surface area contributed by atoms with E-state index in [1.54, 1.807) is 6.20 Å². The third-order valence-corrected chi connectivity index (χ3v) is 2.19. The van der Waals surface area contributed by atoms with Crippen molar-refractivity contribution >= 4 is 0 Å². The number of rotatable bonds is 3. The Bertz CT molecular complexity index is 392. The van der Waals surface area contributed by atoms with E-state index in [1.807, 2.05) is 24.7 Å². The molecule has 2 aromatic heterocycles. The first-order valence-electron chi connectivity index (χ1n) is 4.79. The Balaban J connectivity index is 2.19. The summed E-state index contributed by atoms with van der Waals surface area (Å²) in [6.07, 6.45) is 8.49. The first-order chi connectivity index (χ1) is 6.90. The molecular weight excluding hydrogens is 174 g/mol. The zero-order chi connectivity index (χ0) is 9.80. The van der Waals surface area contributed by atoms with Gasteiger partial charge in [-0.05, 0) is 11.6 Å². The highest BCUT2D eigenvalue weighted by Crippen LogP contribution is 2.04. The van der Waals surface area contributed by atoms with Gasteiger partial charge < -0.3 is 4.57 Å². The van der Waals surface area contributed by atoms with Crippen molar-refractivity contribution in [3.63, 3.8) is 0 Å². The molecule has 0 spiro atoms. The number of hydrogen-bond donors (Lipinski definition) is 0. The van der Waals surface area contributed by atoms with Crippen molar-refractivity contribution in [2.75, 3.05) is 0 Å². The van der Waals surface area contributed by atoms with Crippen molar-refractivity contribution < 1.29 is 0 Å². The molecule has 0 aliphatic rings. The number of hydrogen-bond acceptors (Lipinski definition) is 2. The third-order valence-electron chi connectivity index (χ3n) is 2.19. The van der Waals surface area contributed by atoms with E-state index in [0.29, 0.717) is 0 Å². The van der Waals surface area contributed by atoms with Gasteiger partial charge in [0, 0.05) is 31.2 Å². The van der Waals surface area contributed by atoms with Gasteiger partial charge in [-0.15, -0.1) is 0 Å². The molecule has 0 radical (unpaired) electrons. The highest BCUT2D eigenvalue weighted by Gasteiger charge is 2.00. The van der Waals surface area contributed by atoms with Crippen LogP contribution in [0.15, 0.2) is 36.9 Å². The Labute approximate surface area is 83.4 Å². The van der Waals surface area contributed by atoms with Crippen molar-refractivity contribution in [1.29, 1.82) is 0 Å². The molecule has 0 fully saturated rings. The molecule has 2 rings (SSSR count). The van der Waals surface area contributed by atoms with Gasteiger partial charge in [0.25, 0.3) is 0 Å². The fraction of sp³-hybridized carbons (Fsp3) is 0.273. The van der Waals surface area contributed by atoms with Crippen molar-refractivity contribution in [2.24, 2.45) is 0 Å². The highest BCUT2D eigenvalue weighted by atomic mass is 15.1. The van der Waals surface area contributed by atoms with Crippen LogP contribution in [0, 0.1) is 0 Å². The summed E-state index contributed by atoms with van der Waals surface area (Å²) in [5, 5.41) is 0. The molecule has 14 heavy (non-hydrogen) atoms. The van der Waals surface area contributed by atoms with E-state index in [1.165, 1.54) is 5.56 Å². The fourth-order valence-electron chi connectivity index (χ4n) is 1.49. The molecule has 0 unspecified atom stereocenters. The van der Waals surface area contributed by atoms with E-state index in [-0.39, 0.29) is 0 Å². The largest absolute Gasteiger partial charge is 0.330 e. The molecule has 0 saturated heterocycles. The smallest absolute Gasteiger partial charge is 0.108 e. The molecule has 0 aliphatic carbocycles. The Morgan fingerprint density at radius 3 is 3.00 bits per heavy atom. The van der Waals surface area contributed by atoms with Crippen molar-refractivity contribution in [2.45, 2.75) is 19.9 Å². The molecular formula is C11H13N3. The van der Waals surface area contributed by atoms with E-state index in [4.69, 9.17) is 0 Å². The lowest BCUT2D eigenvalue weighted by Gasteiger charge is -2.05. The molecule has 0 aromatic carbocycles. The minimum absolute atomic E-state index is 0.858. The van der Waals surface area contributed by atoms with Gasteiger partial charge >= 0.3 is 0 Å². The Morgan fingerprint density at radius 2 is 2.29 bits per heavy atom. The molecule has 2 heterocycles.